The summed E-state index contributed by atoms with van der Waals surface area (Å²) in [5, 5.41) is 2.73. The van der Waals surface area contributed by atoms with E-state index >= 15 is 0 Å². The van der Waals surface area contributed by atoms with Crippen LogP contribution in [0, 0.1) is 0 Å². The number of anilines is 1. The molecule has 1 unspecified atom stereocenters. The number of benzene rings is 1. The highest BCUT2D eigenvalue weighted by molar-refractivity contribution is 5.91. The molecule has 0 saturated carbocycles. The molecule has 1 aromatic rings. The maximum absolute atomic E-state index is 11.0. The van der Waals surface area contributed by atoms with Crippen LogP contribution in [0.15, 0.2) is 18.2 Å². The maximum atomic E-state index is 11.0. The van der Waals surface area contributed by atoms with E-state index in [0.29, 0.717) is 11.4 Å². The van der Waals surface area contributed by atoms with Crippen LogP contribution < -0.4 is 15.8 Å². The fraction of sp³-hybridized carbons (Fsp3) is 0.364. The van der Waals surface area contributed by atoms with E-state index in [2.05, 4.69) is 5.32 Å². The first-order valence-electron chi connectivity index (χ1n) is 4.76. The molecule has 4 nitrogen and oxygen atoms in total. The van der Waals surface area contributed by atoms with Crippen molar-refractivity contribution >= 4 is 11.6 Å². The Labute approximate surface area is 89.4 Å². The minimum atomic E-state index is -0.151. The molecule has 15 heavy (non-hydrogen) atoms. The first-order chi connectivity index (χ1) is 7.06. The second-order valence-electron chi connectivity index (χ2n) is 3.39. The van der Waals surface area contributed by atoms with Gasteiger partial charge in [0, 0.05) is 13.0 Å². The van der Waals surface area contributed by atoms with Crippen LogP contribution in [0.2, 0.25) is 0 Å². The van der Waals surface area contributed by atoms with Gasteiger partial charge >= 0.3 is 0 Å². The van der Waals surface area contributed by atoms with Crippen molar-refractivity contribution in [1.82, 2.24) is 0 Å². The summed E-state index contributed by atoms with van der Waals surface area (Å²) in [5.74, 6) is 0.487. The van der Waals surface area contributed by atoms with Crippen LogP contribution >= 0.6 is 0 Å². The first kappa shape index (κ1) is 11.5. The van der Waals surface area contributed by atoms with Crippen LogP contribution in [0.3, 0.4) is 0 Å². The average molecular weight is 208 g/mol. The lowest BCUT2D eigenvalue weighted by Gasteiger charge is -2.16. The van der Waals surface area contributed by atoms with Crippen LogP contribution in [-0.2, 0) is 4.79 Å². The molecule has 0 bridgehead atoms. The van der Waals surface area contributed by atoms with Gasteiger partial charge in [-0.3, -0.25) is 4.79 Å². The number of hydrogen-bond acceptors (Lipinski definition) is 3. The molecule has 0 aliphatic rings. The summed E-state index contributed by atoms with van der Waals surface area (Å²) in [6.45, 7) is 3.32. The third-order valence-corrected chi connectivity index (χ3v) is 2.07. The molecule has 0 aliphatic carbocycles. The number of carbonyl (C=O) groups is 1. The lowest BCUT2D eigenvalue weighted by molar-refractivity contribution is -0.114. The van der Waals surface area contributed by atoms with Crippen LogP contribution in [0.1, 0.15) is 25.5 Å². The van der Waals surface area contributed by atoms with E-state index in [1.807, 2.05) is 19.1 Å². The van der Waals surface area contributed by atoms with Gasteiger partial charge in [0.15, 0.2) is 0 Å². The van der Waals surface area contributed by atoms with Crippen LogP contribution in [-0.4, -0.2) is 13.0 Å². The Bertz CT molecular complexity index is 362. The molecule has 82 valence electrons. The zero-order valence-corrected chi connectivity index (χ0v) is 9.20. The molecule has 0 saturated heterocycles. The quantitative estimate of drug-likeness (QED) is 0.794. The van der Waals surface area contributed by atoms with Crippen molar-refractivity contribution in [2.75, 3.05) is 12.4 Å². The normalized spacial score (nSPS) is 12.0. The topological polar surface area (TPSA) is 64.3 Å². The number of nitrogens with two attached hydrogens (primary N) is 1. The van der Waals surface area contributed by atoms with E-state index < -0.39 is 0 Å². The average Bonchev–Trinajstić information content (AvgIpc) is 2.16. The first-order valence-corrected chi connectivity index (χ1v) is 4.76. The summed E-state index contributed by atoms with van der Waals surface area (Å²) >= 11 is 0. The van der Waals surface area contributed by atoms with Crippen LogP contribution in [0.5, 0.6) is 5.75 Å². The molecule has 3 N–H and O–H groups in total. The number of rotatable bonds is 3. The van der Waals surface area contributed by atoms with Crippen molar-refractivity contribution in [2.24, 2.45) is 5.73 Å². The number of nitrogens with one attached hydrogen (secondary N) is 1. The van der Waals surface area contributed by atoms with E-state index in [4.69, 9.17) is 10.5 Å². The van der Waals surface area contributed by atoms with Crippen LogP contribution in [0.25, 0.3) is 0 Å². The largest absolute Gasteiger partial charge is 0.495 e. The van der Waals surface area contributed by atoms with Crippen LogP contribution in [0.4, 0.5) is 5.69 Å². The fourth-order valence-electron chi connectivity index (χ4n) is 1.41. The zero-order valence-electron chi connectivity index (χ0n) is 9.20. The molecule has 0 heterocycles. The molecule has 0 radical (unpaired) electrons. The number of para-hydroxylation sites is 1. The number of amides is 1. The molecule has 0 fully saturated rings. The Morgan fingerprint density at radius 1 is 1.53 bits per heavy atom. The monoisotopic (exact) mass is 208 g/mol. The van der Waals surface area contributed by atoms with E-state index in [0.717, 1.165) is 5.56 Å². The summed E-state index contributed by atoms with van der Waals surface area (Å²) in [4.78, 5) is 11.0. The minimum absolute atomic E-state index is 0.138. The minimum Gasteiger partial charge on any atom is -0.495 e. The number of hydrogen-bond donors (Lipinski definition) is 2. The van der Waals surface area contributed by atoms with Crippen molar-refractivity contribution in [2.45, 2.75) is 19.9 Å². The Hall–Kier alpha value is -1.55. The van der Waals surface area contributed by atoms with E-state index in [9.17, 15) is 4.79 Å². The summed E-state index contributed by atoms with van der Waals surface area (Å²) < 4.78 is 5.17. The molecule has 4 heteroatoms. The predicted octanol–water partition coefficient (Wildman–Crippen LogP) is 1.67. The molecule has 1 aromatic carbocycles. The molecule has 1 atom stereocenters. The smallest absolute Gasteiger partial charge is 0.221 e. The van der Waals surface area contributed by atoms with Crippen molar-refractivity contribution in [3.8, 4) is 5.75 Å². The van der Waals surface area contributed by atoms with Crippen molar-refractivity contribution < 1.29 is 9.53 Å². The number of carbonyl (C=O) groups excluding carboxylic acids is 1. The van der Waals surface area contributed by atoms with E-state index in [1.54, 1.807) is 13.2 Å². The predicted molar refractivity (Wildman–Crippen MR) is 59.9 cm³/mol. The summed E-state index contributed by atoms with van der Waals surface area (Å²) in [7, 11) is 1.56. The van der Waals surface area contributed by atoms with Gasteiger partial charge in [-0.05, 0) is 18.6 Å². The molecule has 0 aliphatic heterocycles. The van der Waals surface area contributed by atoms with Gasteiger partial charge in [0.25, 0.3) is 0 Å². The highest BCUT2D eigenvalue weighted by atomic mass is 16.5. The number of ether oxygens (including phenoxy) is 1. The van der Waals surface area contributed by atoms with Gasteiger partial charge in [-0.15, -0.1) is 0 Å². The number of methoxy groups -OCH3 is 1. The van der Waals surface area contributed by atoms with Gasteiger partial charge in [-0.1, -0.05) is 12.1 Å². The zero-order chi connectivity index (χ0) is 11.4. The van der Waals surface area contributed by atoms with Gasteiger partial charge in [-0.25, -0.2) is 0 Å². The van der Waals surface area contributed by atoms with Gasteiger partial charge in [0.2, 0.25) is 5.91 Å². The molecule has 0 aromatic heterocycles. The Morgan fingerprint density at radius 3 is 2.67 bits per heavy atom. The maximum Gasteiger partial charge on any atom is 0.221 e. The Balaban J connectivity index is 3.20. The molecule has 1 rings (SSSR count). The highest BCUT2D eigenvalue weighted by Crippen LogP contribution is 2.31. The van der Waals surface area contributed by atoms with Gasteiger partial charge in [0.05, 0.1) is 12.8 Å². The van der Waals surface area contributed by atoms with Gasteiger partial charge in [0.1, 0.15) is 5.75 Å². The molecular weight excluding hydrogens is 192 g/mol. The van der Waals surface area contributed by atoms with E-state index in [-0.39, 0.29) is 11.9 Å². The molecular formula is C11H16N2O2. The Morgan fingerprint density at radius 2 is 2.20 bits per heavy atom. The summed E-state index contributed by atoms with van der Waals surface area (Å²) in [6.07, 6.45) is 0. The van der Waals surface area contributed by atoms with Gasteiger partial charge in [-0.2, -0.15) is 0 Å². The highest BCUT2D eigenvalue weighted by Gasteiger charge is 2.12. The Kier molecular flexibility index (Phi) is 3.68. The molecule has 1 amide bonds. The third kappa shape index (κ3) is 2.70. The van der Waals surface area contributed by atoms with Crippen molar-refractivity contribution in [3.05, 3.63) is 23.8 Å². The van der Waals surface area contributed by atoms with Gasteiger partial charge < -0.3 is 15.8 Å². The molecule has 0 spiro atoms. The van der Waals surface area contributed by atoms with E-state index in [1.165, 1.54) is 6.92 Å². The third-order valence-electron chi connectivity index (χ3n) is 2.07. The second kappa shape index (κ2) is 4.79. The lowest BCUT2D eigenvalue weighted by atomic mass is 10.1. The standard InChI is InChI=1S/C11H16N2O2/c1-7(12)9-5-4-6-10(15-3)11(9)13-8(2)14/h4-7H,12H2,1-3H3,(H,13,14). The van der Waals surface area contributed by atoms with Crippen molar-refractivity contribution in [1.29, 1.82) is 0 Å². The SMILES string of the molecule is COc1cccc(C(C)N)c1NC(C)=O. The van der Waals surface area contributed by atoms with Crippen molar-refractivity contribution in [3.63, 3.8) is 0 Å². The lowest BCUT2D eigenvalue weighted by Crippen LogP contribution is -2.13. The second-order valence-corrected chi connectivity index (χ2v) is 3.39. The summed E-state index contributed by atoms with van der Waals surface area (Å²) in [6, 6.07) is 5.36. The fourth-order valence-corrected chi connectivity index (χ4v) is 1.41. The summed E-state index contributed by atoms with van der Waals surface area (Å²) in [5.41, 5.74) is 7.33.